The van der Waals surface area contributed by atoms with Crippen molar-refractivity contribution in [1.82, 2.24) is 0 Å². The lowest BCUT2D eigenvalue weighted by atomic mass is 10.1. The molecule has 0 aromatic heterocycles. The van der Waals surface area contributed by atoms with Crippen LogP contribution in [0.25, 0.3) is 10.8 Å². The number of carbonyl (C=O) groups excluding carboxylic acids is 2. The summed E-state index contributed by atoms with van der Waals surface area (Å²) < 4.78 is 21.8. The molecule has 160 valence electrons. The predicted molar refractivity (Wildman–Crippen MR) is 120 cm³/mol. The van der Waals surface area contributed by atoms with E-state index in [1.165, 1.54) is 14.2 Å². The van der Waals surface area contributed by atoms with Crippen LogP contribution in [0.4, 0.5) is 0 Å². The highest BCUT2D eigenvalue weighted by Gasteiger charge is 2.18. The van der Waals surface area contributed by atoms with Crippen LogP contribution in [-0.2, 0) is 0 Å². The molecule has 0 amide bonds. The van der Waals surface area contributed by atoms with E-state index in [1.807, 2.05) is 0 Å². The molecule has 0 atom stereocenters. The molecule has 0 unspecified atom stereocenters. The van der Waals surface area contributed by atoms with Gasteiger partial charge in [0.25, 0.3) is 0 Å². The van der Waals surface area contributed by atoms with Crippen molar-refractivity contribution < 1.29 is 28.5 Å². The van der Waals surface area contributed by atoms with Gasteiger partial charge in [0, 0.05) is 10.8 Å². The van der Waals surface area contributed by atoms with Crippen molar-refractivity contribution in [2.45, 2.75) is 0 Å². The number of rotatable bonds is 6. The van der Waals surface area contributed by atoms with Crippen molar-refractivity contribution in [3.63, 3.8) is 0 Å². The first-order chi connectivity index (χ1) is 15.6. The summed E-state index contributed by atoms with van der Waals surface area (Å²) in [7, 11) is 2.98. The molecule has 0 aliphatic rings. The van der Waals surface area contributed by atoms with Crippen molar-refractivity contribution in [3.05, 3.63) is 96.1 Å². The number of hydrogen-bond acceptors (Lipinski definition) is 6. The molecule has 0 saturated carbocycles. The molecule has 4 aromatic rings. The summed E-state index contributed by atoms with van der Waals surface area (Å²) in [5, 5.41) is 1.25. The minimum atomic E-state index is -0.550. The number of ether oxygens (including phenoxy) is 4. The number of para-hydroxylation sites is 2. The highest BCUT2D eigenvalue weighted by Crippen LogP contribution is 2.34. The number of methoxy groups -OCH3 is 2. The van der Waals surface area contributed by atoms with Crippen molar-refractivity contribution in [2.75, 3.05) is 14.2 Å². The van der Waals surface area contributed by atoms with E-state index in [1.54, 1.807) is 84.9 Å². The van der Waals surface area contributed by atoms with E-state index in [9.17, 15) is 9.59 Å². The van der Waals surface area contributed by atoms with Gasteiger partial charge in [-0.3, -0.25) is 0 Å². The molecule has 4 rings (SSSR count). The summed E-state index contributed by atoms with van der Waals surface area (Å²) in [4.78, 5) is 25.5. The number of hydrogen-bond donors (Lipinski definition) is 0. The predicted octanol–water partition coefficient (Wildman–Crippen LogP) is 5.30. The lowest BCUT2D eigenvalue weighted by Gasteiger charge is -2.13. The zero-order valence-corrected chi connectivity index (χ0v) is 17.5. The van der Waals surface area contributed by atoms with Crippen LogP contribution in [0.2, 0.25) is 0 Å². The Bertz CT molecular complexity index is 1190. The van der Waals surface area contributed by atoms with Gasteiger partial charge in [-0.25, -0.2) is 9.59 Å². The summed E-state index contributed by atoms with van der Waals surface area (Å²) in [5.41, 5.74) is 0.622. The Kier molecular flexibility index (Phi) is 6.03. The standard InChI is InChI=1S/C26H20O6/c1-29-21-13-5-3-9-19(21)25(27)31-23-15-7-12-18-17(23)11-8-16-24(18)32-26(28)20-10-4-6-14-22(20)30-2/h3-16H,1-2H3. The van der Waals surface area contributed by atoms with E-state index in [-0.39, 0.29) is 0 Å². The maximum Gasteiger partial charge on any atom is 0.347 e. The van der Waals surface area contributed by atoms with Crippen LogP contribution < -0.4 is 18.9 Å². The molecule has 0 N–H and O–H groups in total. The third-order valence-corrected chi connectivity index (χ3v) is 4.90. The third kappa shape index (κ3) is 4.11. The maximum atomic E-state index is 12.8. The third-order valence-electron chi connectivity index (χ3n) is 4.90. The van der Waals surface area contributed by atoms with Gasteiger partial charge in [-0.15, -0.1) is 0 Å². The minimum Gasteiger partial charge on any atom is -0.496 e. The van der Waals surface area contributed by atoms with Crippen LogP contribution in [0, 0.1) is 0 Å². The Balaban J connectivity index is 1.66. The van der Waals surface area contributed by atoms with Crippen molar-refractivity contribution in [1.29, 1.82) is 0 Å². The average Bonchev–Trinajstić information content (AvgIpc) is 2.84. The van der Waals surface area contributed by atoms with Crippen molar-refractivity contribution >= 4 is 22.7 Å². The van der Waals surface area contributed by atoms with E-state index >= 15 is 0 Å². The number of benzene rings is 4. The summed E-state index contributed by atoms with van der Waals surface area (Å²) >= 11 is 0. The second-order valence-corrected chi connectivity index (χ2v) is 6.79. The molecule has 0 heterocycles. The van der Waals surface area contributed by atoms with Gasteiger partial charge < -0.3 is 18.9 Å². The molecular formula is C26H20O6. The second-order valence-electron chi connectivity index (χ2n) is 6.79. The quantitative estimate of drug-likeness (QED) is 0.307. The molecule has 0 spiro atoms. The van der Waals surface area contributed by atoms with E-state index < -0.39 is 11.9 Å². The van der Waals surface area contributed by atoms with E-state index in [0.717, 1.165) is 0 Å². The molecular weight excluding hydrogens is 408 g/mol. The number of fused-ring (bicyclic) bond motifs is 1. The van der Waals surface area contributed by atoms with Gasteiger partial charge >= 0.3 is 11.9 Å². The fourth-order valence-corrected chi connectivity index (χ4v) is 3.37. The average molecular weight is 428 g/mol. The van der Waals surface area contributed by atoms with Gasteiger partial charge in [-0.05, 0) is 36.4 Å². The first kappa shape index (κ1) is 20.9. The van der Waals surface area contributed by atoms with Gasteiger partial charge in [0.2, 0.25) is 0 Å². The molecule has 0 saturated heterocycles. The van der Waals surface area contributed by atoms with Gasteiger partial charge in [0.05, 0.1) is 14.2 Å². The van der Waals surface area contributed by atoms with E-state index in [0.29, 0.717) is 44.9 Å². The molecule has 0 bridgehead atoms. The van der Waals surface area contributed by atoms with Crippen LogP contribution in [0.15, 0.2) is 84.9 Å². The second kappa shape index (κ2) is 9.22. The Morgan fingerprint density at radius 3 is 1.28 bits per heavy atom. The van der Waals surface area contributed by atoms with Crippen LogP contribution in [0.3, 0.4) is 0 Å². The first-order valence-corrected chi connectivity index (χ1v) is 9.84. The summed E-state index contributed by atoms with van der Waals surface area (Å²) in [6, 6.07) is 24.1. The van der Waals surface area contributed by atoms with Crippen LogP contribution >= 0.6 is 0 Å². The smallest absolute Gasteiger partial charge is 0.347 e. The van der Waals surface area contributed by atoms with Gasteiger partial charge in [-0.1, -0.05) is 48.5 Å². The van der Waals surface area contributed by atoms with Gasteiger partial charge in [0.1, 0.15) is 34.1 Å². The SMILES string of the molecule is COc1ccccc1C(=O)Oc1cccc2c(OC(=O)c3ccccc3OC)cccc12. The first-order valence-electron chi connectivity index (χ1n) is 9.84. The highest BCUT2D eigenvalue weighted by molar-refractivity contribution is 6.01. The topological polar surface area (TPSA) is 71.1 Å². The molecule has 0 radical (unpaired) electrons. The van der Waals surface area contributed by atoms with E-state index in [2.05, 4.69) is 0 Å². The molecule has 0 fully saturated rings. The lowest BCUT2D eigenvalue weighted by Crippen LogP contribution is -2.11. The summed E-state index contributed by atoms with van der Waals surface area (Å²) in [5.74, 6) is 0.424. The summed E-state index contributed by atoms with van der Waals surface area (Å²) in [6.45, 7) is 0. The van der Waals surface area contributed by atoms with Gasteiger partial charge in [0.15, 0.2) is 0 Å². The normalized spacial score (nSPS) is 10.4. The largest absolute Gasteiger partial charge is 0.496 e. The zero-order chi connectivity index (χ0) is 22.5. The Morgan fingerprint density at radius 1 is 0.500 bits per heavy atom. The monoisotopic (exact) mass is 428 g/mol. The zero-order valence-electron chi connectivity index (χ0n) is 17.5. The Morgan fingerprint density at radius 2 is 0.875 bits per heavy atom. The van der Waals surface area contributed by atoms with Crippen molar-refractivity contribution in [2.24, 2.45) is 0 Å². The molecule has 4 aromatic carbocycles. The molecule has 0 aliphatic carbocycles. The van der Waals surface area contributed by atoms with Crippen molar-refractivity contribution in [3.8, 4) is 23.0 Å². The minimum absolute atomic E-state index is 0.311. The molecule has 6 nitrogen and oxygen atoms in total. The summed E-state index contributed by atoms with van der Waals surface area (Å²) in [6.07, 6.45) is 0. The molecule has 6 heteroatoms. The van der Waals surface area contributed by atoms with Crippen LogP contribution in [0.5, 0.6) is 23.0 Å². The lowest BCUT2D eigenvalue weighted by molar-refractivity contribution is 0.0721. The molecule has 0 aliphatic heterocycles. The highest BCUT2D eigenvalue weighted by atomic mass is 16.5. The Labute approximate surface area is 184 Å². The fraction of sp³-hybridized carbons (Fsp3) is 0.0769. The van der Waals surface area contributed by atoms with Crippen LogP contribution in [-0.4, -0.2) is 26.2 Å². The fourth-order valence-electron chi connectivity index (χ4n) is 3.37. The van der Waals surface area contributed by atoms with Gasteiger partial charge in [-0.2, -0.15) is 0 Å². The number of esters is 2. The molecule has 32 heavy (non-hydrogen) atoms. The maximum absolute atomic E-state index is 12.8. The number of carbonyl (C=O) groups is 2. The Hall–Kier alpha value is -4.32. The van der Waals surface area contributed by atoms with Crippen LogP contribution in [0.1, 0.15) is 20.7 Å². The van der Waals surface area contributed by atoms with E-state index in [4.69, 9.17) is 18.9 Å².